The van der Waals surface area contributed by atoms with Gasteiger partial charge in [-0.25, -0.2) is 13.8 Å². The summed E-state index contributed by atoms with van der Waals surface area (Å²) in [6, 6.07) is 2.43. The van der Waals surface area contributed by atoms with Gasteiger partial charge in [0.2, 0.25) is 0 Å². The molecule has 1 aliphatic rings. The van der Waals surface area contributed by atoms with E-state index in [1.165, 1.54) is 27.7 Å². The van der Waals surface area contributed by atoms with E-state index in [0.717, 1.165) is 23.2 Å². The Morgan fingerprint density at radius 3 is 2.96 bits per heavy atom. The van der Waals surface area contributed by atoms with Crippen molar-refractivity contribution >= 4 is 40.0 Å². The first-order valence-corrected chi connectivity index (χ1v) is 9.87. The van der Waals surface area contributed by atoms with Crippen LogP contribution in [0.2, 0.25) is 0 Å². The zero-order chi connectivity index (χ0) is 17.1. The number of nitrogens with zero attached hydrogens (tertiary/aromatic N) is 2. The molecule has 136 valence electrons. The second-order valence-corrected chi connectivity index (χ2v) is 7.97. The van der Waals surface area contributed by atoms with E-state index in [1.807, 2.05) is 10.8 Å². The molecule has 1 N–H and O–H groups in total. The normalized spacial score (nSPS) is 16.2. The van der Waals surface area contributed by atoms with Gasteiger partial charge in [-0.2, -0.15) is 0 Å². The summed E-state index contributed by atoms with van der Waals surface area (Å²) in [4.78, 5) is 14.8. The lowest BCUT2D eigenvalue weighted by Gasteiger charge is -2.27. The van der Waals surface area contributed by atoms with E-state index in [0.29, 0.717) is 24.2 Å². The number of fused-ring (bicyclic) bond motifs is 1. The van der Waals surface area contributed by atoms with Crippen LogP contribution in [0.5, 0.6) is 0 Å². The Labute approximate surface area is 158 Å². The van der Waals surface area contributed by atoms with Crippen molar-refractivity contribution in [1.82, 2.24) is 9.55 Å². The summed E-state index contributed by atoms with van der Waals surface area (Å²) < 4.78 is 29.4. The summed E-state index contributed by atoms with van der Waals surface area (Å²) in [5.41, 5.74) is 1.32. The number of imidazole rings is 1. The van der Waals surface area contributed by atoms with Gasteiger partial charge in [0, 0.05) is 30.3 Å². The molecule has 0 bridgehead atoms. The van der Waals surface area contributed by atoms with Crippen molar-refractivity contribution in [2.24, 2.45) is 0 Å². The zero-order valence-corrected chi connectivity index (χ0v) is 15.6. The van der Waals surface area contributed by atoms with Crippen LogP contribution in [0.3, 0.4) is 0 Å². The number of carboxylic acid groups (broad SMARTS) is 1. The van der Waals surface area contributed by atoms with Crippen LogP contribution in [0.4, 0.5) is 8.78 Å². The molecule has 0 radical (unpaired) electrons. The van der Waals surface area contributed by atoms with Gasteiger partial charge in [0.1, 0.15) is 11.6 Å². The fraction of sp³-hybridized carbons (Fsp3) is 0.375. The fourth-order valence-electron chi connectivity index (χ4n) is 2.87. The Morgan fingerprint density at radius 1 is 1.40 bits per heavy atom. The predicted octanol–water partition coefficient (Wildman–Crippen LogP) is 4.53. The van der Waals surface area contributed by atoms with Gasteiger partial charge in [0.15, 0.2) is 5.16 Å². The number of carboxylic acids is 1. The molecule has 3 rings (SSSR count). The third-order valence-electron chi connectivity index (χ3n) is 4.00. The molecule has 0 fully saturated rings. The Kier molecular flexibility index (Phi) is 7.15. The molecule has 0 saturated carbocycles. The van der Waals surface area contributed by atoms with Crippen molar-refractivity contribution < 1.29 is 18.7 Å². The summed E-state index contributed by atoms with van der Waals surface area (Å²) in [7, 11) is 2.87. The molecule has 1 heterocycles. The van der Waals surface area contributed by atoms with Crippen molar-refractivity contribution in [2.45, 2.75) is 36.9 Å². The average Bonchev–Trinajstić information content (AvgIpc) is 2.99. The van der Waals surface area contributed by atoms with E-state index in [9.17, 15) is 13.6 Å². The molecule has 1 aliphatic carbocycles. The molecule has 1 atom stereocenters. The van der Waals surface area contributed by atoms with Gasteiger partial charge in [-0.15, -0.1) is 12.4 Å². The number of hydrogen-bond donors (Lipinski definition) is 1. The van der Waals surface area contributed by atoms with Crippen molar-refractivity contribution in [3.63, 3.8) is 0 Å². The Bertz CT molecular complexity index is 758. The maximum absolute atomic E-state index is 14.0. The number of halogens is 3. The van der Waals surface area contributed by atoms with Gasteiger partial charge in [0.25, 0.3) is 0 Å². The summed E-state index contributed by atoms with van der Waals surface area (Å²) in [6.45, 7) is 0. The van der Waals surface area contributed by atoms with Crippen molar-refractivity contribution in [3.05, 3.63) is 47.3 Å². The third-order valence-corrected chi connectivity index (χ3v) is 6.25. The number of aromatic nitrogens is 2. The van der Waals surface area contributed by atoms with Crippen LogP contribution < -0.4 is 0 Å². The maximum atomic E-state index is 14.0. The van der Waals surface area contributed by atoms with Crippen LogP contribution in [-0.4, -0.2) is 26.4 Å². The van der Waals surface area contributed by atoms with E-state index < -0.39 is 17.6 Å². The highest BCUT2D eigenvalue weighted by atomic mass is 35.5. The lowest BCUT2D eigenvalue weighted by atomic mass is 9.87. The minimum atomic E-state index is -0.821. The highest BCUT2D eigenvalue weighted by molar-refractivity contribution is 8.76. The lowest BCUT2D eigenvalue weighted by molar-refractivity contribution is -0.136. The standard InChI is InChI=1S/C16H16F2N2O2S2.ClH/c17-11-7-10-1-2-12(9-13(10)14(18)8-11)20-5-4-19-16(20)24-23-6-3-15(21)22;/h4-5,7-8,12H,1-3,6,9H2,(H,21,22);1H. The van der Waals surface area contributed by atoms with Crippen LogP contribution >= 0.6 is 34.0 Å². The zero-order valence-electron chi connectivity index (χ0n) is 13.2. The van der Waals surface area contributed by atoms with Gasteiger partial charge in [-0.1, -0.05) is 10.8 Å². The number of aryl methyl sites for hydroxylation is 1. The van der Waals surface area contributed by atoms with Crippen LogP contribution in [0.1, 0.15) is 30.0 Å². The first-order chi connectivity index (χ1) is 11.5. The highest BCUT2D eigenvalue weighted by Crippen LogP contribution is 2.36. The lowest BCUT2D eigenvalue weighted by Crippen LogP contribution is -2.20. The van der Waals surface area contributed by atoms with Crippen LogP contribution in [-0.2, 0) is 17.6 Å². The molecule has 0 saturated heterocycles. The first-order valence-electron chi connectivity index (χ1n) is 7.55. The van der Waals surface area contributed by atoms with Crippen molar-refractivity contribution in [3.8, 4) is 0 Å². The van der Waals surface area contributed by atoms with Crippen LogP contribution in [0.15, 0.2) is 29.7 Å². The minimum Gasteiger partial charge on any atom is -0.481 e. The second-order valence-electron chi connectivity index (χ2n) is 5.59. The van der Waals surface area contributed by atoms with Gasteiger partial charge >= 0.3 is 5.97 Å². The van der Waals surface area contributed by atoms with Gasteiger partial charge in [0.05, 0.1) is 6.42 Å². The van der Waals surface area contributed by atoms with E-state index in [1.54, 1.807) is 6.20 Å². The molecule has 2 aromatic rings. The largest absolute Gasteiger partial charge is 0.481 e. The summed E-state index contributed by atoms with van der Waals surface area (Å²) in [5.74, 6) is -1.34. The number of aliphatic carboxylic acids is 1. The highest BCUT2D eigenvalue weighted by Gasteiger charge is 2.25. The number of rotatable bonds is 6. The molecule has 9 heteroatoms. The molecular weight excluding hydrogens is 390 g/mol. The topological polar surface area (TPSA) is 55.1 Å². The van der Waals surface area contributed by atoms with E-state index in [2.05, 4.69) is 4.98 Å². The fourth-order valence-corrected chi connectivity index (χ4v) is 4.92. The SMILES string of the molecule is Cl.O=C(O)CCSSc1nccn1C1CCc2cc(F)cc(F)c2C1. The summed E-state index contributed by atoms with van der Waals surface area (Å²) in [6.07, 6.45) is 5.58. The molecule has 0 amide bonds. The molecule has 4 nitrogen and oxygen atoms in total. The van der Waals surface area contributed by atoms with Crippen LogP contribution in [0.25, 0.3) is 0 Å². The summed E-state index contributed by atoms with van der Waals surface area (Å²) in [5, 5.41) is 9.44. The number of carbonyl (C=O) groups is 1. The second kappa shape index (κ2) is 8.91. The molecule has 0 spiro atoms. The molecule has 1 aromatic heterocycles. The number of benzene rings is 1. The molecular formula is C16H17ClF2N2O2S2. The van der Waals surface area contributed by atoms with Gasteiger partial charge in [-0.3, -0.25) is 4.79 Å². The maximum Gasteiger partial charge on any atom is 0.304 e. The predicted molar refractivity (Wildman–Crippen MR) is 97.5 cm³/mol. The van der Waals surface area contributed by atoms with E-state index in [-0.39, 0.29) is 24.9 Å². The molecule has 1 unspecified atom stereocenters. The van der Waals surface area contributed by atoms with E-state index in [4.69, 9.17) is 5.11 Å². The Hall–Kier alpha value is -1.25. The Balaban J connectivity index is 0.00000225. The average molecular weight is 407 g/mol. The van der Waals surface area contributed by atoms with E-state index >= 15 is 0 Å². The van der Waals surface area contributed by atoms with Crippen molar-refractivity contribution in [2.75, 3.05) is 5.75 Å². The smallest absolute Gasteiger partial charge is 0.304 e. The third kappa shape index (κ3) is 4.89. The first kappa shape index (κ1) is 20.1. The molecule has 1 aromatic carbocycles. The molecule has 25 heavy (non-hydrogen) atoms. The van der Waals surface area contributed by atoms with Gasteiger partial charge < -0.3 is 9.67 Å². The van der Waals surface area contributed by atoms with Gasteiger partial charge in [-0.05, 0) is 47.2 Å². The minimum absolute atomic E-state index is 0. The van der Waals surface area contributed by atoms with Crippen molar-refractivity contribution in [1.29, 1.82) is 0 Å². The molecule has 0 aliphatic heterocycles. The number of hydrogen-bond acceptors (Lipinski definition) is 4. The van der Waals surface area contributed by atoms with Crippen LogP contribution in [0, 0.1) is 11.6 Å². The monoisotopic (exact) mass is 406 g/mol. The Morgan fingerprint density at radius 2 is 2.20 bits per heavy atom. The quantitative estimate of drug-likeness (QED) is 0.564. The summed E-state index contributed by atoms with van der Waals surface area (Å²) >= 11 is 0.